The second-order valence-electron chi connectivity index (χ2n) is 7.39. The number of esters is 1. The zero-order valence-corrected chi connectivity index (χ0v) is 23.0. The second kappa shape index (κ2) is 18.2. The van der Waals surface area contributed by atoms with E-state index in [1.165, 1.54) is 5.56 Å². The number of thiazole rings is 1. The molecule has 13 nitrogen and oxygen atoms in total. The number of aliphatic hydroxyl groups excluding tert-OH is 1. The molecule has 4 N–H and O–H groups in total. The average Bonchev–Trinajstić information content (AvgIpc) is 3.36. The van der Waals surface area contributed by atoms with E-state index in [1.807, 2.05) is 19.6 Å². The molecule has 0 unspecified atom stereocenters. The van der Waals surface area contributed by atoms with Crippen LogP contribution < -0.4 is 15.5 Å². The van der Waals surface area contributed by atoms with Gasteiger partial charge in [-0.1, -0.05) is 41.2 Å². The minimum atomic E-state index is -0.621. The number of ether oxygens (including phenoxy) is 2. The molecule has 1 saturated heterocycles. The fourth-order valence-electron chi connectivity index (χ4n) is 3.22. The van der Waals surface area contributed by atoms with Gasteiger partial charge >= 0.3 is 5.97 Å². The molecule has 2 aromatic heterocycles. The van der Waals surface area contributed by atoms with E-state index in [-0.39, 0.29) is 17.4 Å². The number of aromatic hydroxyl groups is 1. The van der Waals surface area contributed by atoms with Crippen LogP contribution in [0, 0.1) is 6.92 Å². The zero-order valence-electron chi connectivity index (χ0n) is 22.2. The van der Waals surface area contributed by atoms with Gasteiger partial charge in [0, 0.05) is 32.8 Å². The first-order valence-electron chi connectivity index (χ1n) is 11.7. The summed E-state index contributed by atoms with van der Waals surface area (Å²) in [5.74, 6) is 0.677. The third-order valence-electron chi connectivity index (χ3n) is 4.93. The Morgan fingerprint density at radius 2 is 1.74 bits per heavy atom. The van der Waals surface area contributed by atoms with Crippen molar-refractivity contribution in [2.45, 2.75) is 20.4 Å². The van der Waals surface area contributed by atoms with Gasteiger partial charge in [-0.3, -0.25) is 5.32 Å². The van der Waals surface area contributed by atoms with Crippen LogP contribution in [-0.2, 0) is 25.6 Å². The summed E-state index contributed by atoms with van der Waals surface area (Å²) in [7, 11) is 1.00. The Bertz CT molecular complexity index is 1140. The third-order valence-corrected chi connectivity index (χ3v) is 5.87. The van der Waals surface area contributed by atoms with Crippen molar-refractivity contribution < 1.29 is 34.1 Å². The second-order valence-corrected chi connectivity index (χ2v) is 8.39. The molecule has 0 amide bonds. The molecule has 0 saturated carbocycles. The molecule has 1 fully saturated rings. The molecule has 0 radical (unpaired) electrons. The molecule has 4 rings (SSSR count). The number of rotatable bonds is 8. The number of aromatic nitrogens is 3. The molecule has 14 heteroatoms. The highest BCUT2D eigenvalue weighted by atomic mass is 32.1. The largest absolute Gasteiger partial charge is 0.492 e. The number of nitrogens with zero attached hydrogens (tertiary/aromatic N) is 4. The summed E-state index contributed by atoms with van der Waals surface area (Å²) < 4.78 is 10.4. The number of benzene rings is 1. The molecule has 1 aliphatic heterocycles. The summed E-state index contributed by atoms with van der Waals surface area (Å²) in [5, 5.41) is 23.7. The van der Waals surface area contributed by atoms with Crippen LogP contribution in [-0.4, -0.2) is 84.7 Å². The van der Waals surface area contributed by atoms with Gasteiger partial charge in [-0.15, -0.1) is 0 Å². The molecule has 1 aromatic carbocycles. The minimum absolute atomic E-state index is 0.0291. The number of nitrogens with one attached hydrogen (secondary N) is 2. The Balaban J connectivity index is 0.00000119. The first kappa shape index (κ1) is 32.9. The van der Waals surface area contributed by atoms with Crippen molar-refractivity contribution in [2.75, 3.05) is 55.6 Å². The Hall–Kier alpha value is -4.14. The normalized spacial score (nSPS) is 11.8. The number of carbonyl (C=O) groups is 3. The lowest BCUT2D eigenvalue weighted by Gasteiger charge is -2.28. The Labute approximate surface area is 230 Å². The van der Waals surface area contributed by atoms with Gasteiger partial charge in [0.05, 0.1) is 19.8 Å². The van der Waals surface area contributed by atoms with E-state index in [4.69, 9.17) is 24.2 Å². The molecule has 0 bridgehead atoms. The van der Waals surface area contributed by atoms with Crippen LogP contribution in [0.2, 0.25) is 0 Å². The van der Waals surface area contributed by atoms with Crippen LogP contribution in [0.25, 0.3) is 0 Å². The van der Waals surface area contributed by atoms with Crippen LogP contribution in [0.4, 0.5) is 22.7 Å². The highest BCUT2D eigenvalue weighted by Crippen LogP contribution is 2.31. The van der Waals surface area contributed by atoms with Crippen LogP contribution in [0.5, 0.6) is 5.88 Å². The van der Waals surface area contributed by atoms with Crippen molar-refractivity contribution in [2.24, 2.45) is 0 Å². The van der Waals surface area contributed by atoms with Gasteiger partial charge in [0.25, 0.3) is 0 Å². The number of carbonyl (C=O) groups excluding carboxylic acids is 3. The highest BCUT2D eigenvalue weighted by molar-refractivity contribution is 7.17. The first-order chi connectivity index (χ1) is 19.0. The van der Waals surface area contributed by atoms with E-state index >= 15 is 0 Å². The lowest BCUT2D eigenvalue weighted by Crippen LogP contribution is -2.36. The maximum atomic E-state index is 12.0. The first-order valence-corrected chi connectivity index (χ1v) is 12.5. The number of aliphatic hydroxyl groups is 1. The van der Waals surface area contributed by atoms with Crippen molar-refractivity contribution in [1.82, 2.24) is 15.0 Å². The zero-order chi connectivity index (χ0) is 29.2. The smallest absolute Gasteiger partial charge is 0.354 e. The maximum Gasteiger partial charge on any atom is 0.354 e. The SMILES string of the molecule is C=O.C=O.CCOC(=O)c1sc(Nc2nc(NCc3ccc(C)cc3)cc(N3CCOCC3)n2)nc1O.CO. The molecular weight excluding hydrogens is 528 g/mol. The topological polar surface area (TPSA) is 176 Å². The maximum absolute atomic E-state index is 12.0. The average molecular weight is 563 g/mol. The number of hydrogen-bond acceptors (Lipinski definition) is 14. The van der Waals surface area contributed by atoms with Crippen LogP contribution in [0.3, 0.4) is 0 Å². The van der Waals surface area contributed by atoms with Crippen LogP contribution in [0.15, 0.2) is 30.3 Å². The Morgan fingerprint density at radius 1 is 1.10 bits per heavy atom. The van der Waals surface area contributed by atoms with E-state index in [0.29, 0.717) is 36.7 Å². The van der Waals surface area contributed by atoms with Crippen molar-refractivity contribution in [3.8, 4) is 5.88 Å². The molecule has 39 heavy (non-hydrogen) atoms. The standard InChI is InChI=1S/C22H26N6O4S.CH4O.2CH2O/c1-3-32-20(30)18-19(29)26-22(33-18)27-21-24-16(23-13-15-6-4-14(2)5-7-15)12-17(25-21)28-8-10-31-11-9-28;3*1-2/h4-7,12,29H,3,8-11,13H2,1-2H3,(H2,23,24,25,26,27);2H,1H3;2*1H2. The van der Waals surface area contributed by atoms with Crippen molar-refractivity contribution in [3.63, 3.8) is 0 Å². The highest BCUT2D eigenvalue weighted by Gasteiger charge is 2.20. The van der Waals surface area contributed by atoms with E-state index < -0.39 is 5.97 Å². The van der Waals surface area contributed by atoms with E-state index in [9.17, 15) is 9.90 Å². The van der Waals surface area contributed by atoms with E-state index in [2.05, 4.69) is 61.7 Å². The molecule has 1 aliphatic rings. The van der Waals surface area contributed by atoms with E-state index in [0.717, 1.165) is 42.9 Å². The Kier molecular flexibility index (Phi) is 15.3. The van der Waals surface area contributed by atoms with E-state index in [1.54, 1.807) is 6.92 Å². The fraction of sp³-hybridized carbons (Fsp3) is 0.360. The van der Waals surface area contributed by atoms with Crippen molar-refractivity contribution in [1.29, 1.82) is 0 Å². The summed E-state index contributed by atoms with van der Waals surface area (Å²) in [5.41, 5.74) is 2.33. The van der Waals surface area contributed by atoms with Crippen LogP contribution in [0.1, 0.15) is 27.7 Å². The molecule has 0 aliphatic carbocycles. The van der Waals surface area contributed by atoms with Crippen molar-refractivity contribution >= 4 is 53.6 Å². The number of morpholine rings is 1. The lowest BCUT2D eigenvalue weighted by molar-refractivity contribution is -0.0987. The molecular formula is C25H34N6O7S. The van der Waals surface area contributed by atoms with Gasteiger partial charge < -0.3 is 39.5 Å². The number of aryl methyl sites for hydroxylation is 1. The van der Waals surface area contributed by atoms with Gasteiger partial charge in [0.2, 0.25) is 11.8 Å². The summed E-state index contributed by atoms with van der Waals surface area (Å²) in [4.78, 5) is 43.3. The Morgan fingerprint density at radius 3 is 2.36 bits per heavy atom. The predicted molar refractivity (Wildman–Crippen MR) is 149 cm³/mol. The van der Waals surface area contributed by atoms with Gasteiger partial charge in [-0.05, 0) is 19.4 Å². The third kappa shape index (κ3) is 10.3. The number of anilines is 4. The molecule has 212 valence electrons. The van der Waals surface area contributed by atoms with Gasteiger partial charge in [0.1, 0.15) is 25.2 Å². The monoisotopic (exact) mass is 562 g/mol. The fourth-order valence-corrected chi connectivity index (χ4v) is 3.97. The molecule has 0 atom stereocenters. The molecule has 0 spiro atoms. The summed E-state index contributed by atoms with van der Waals surface area (Å²) >= 11 is 0.980. The summed E-state index contributed by atoms with van der Waals surface area (Å²) in [6.45, 7) is 11.3. The predicted octanol–water partition coefficient (Wildman–Crippen LogP) is 2.55. The summed E-state index contributed by atoms with van der Waals surface area (Å²) in [6, 6.07) is 10.2. The lowest BCUT2D eigenvalue weighted by atomic mass is 10.1. The molecule has 3 heterocycles. The quantitative estimate of drug-likeness (QED) is 0.295. The molecule has 3 aromatic rings. The minimum Gasteiger partial charge on any atom is -0.492 e. The van der Waals surface area contributed by atoms with Crippen LogP contribution >= 0.6 is 11.3 Å². The number of hydrogen-bond donors (Lipinski definition) is 4. The summed E-state index contributed by atoms with van der Waals surface area (Å²) in [6.07, 6.45) is 0. The van der Waals surface area contributed by atoms with Gasteiger partial charge in [0.15, 0.2) is 10.0 Å². The van der Waals surface area contributed by atoms with Crippen molar-refractivity contribution in [3.05, 3.63) is 46.3 Å². The van der Waals surface area contributed by atoms with Gasteiger partial charge in [-0.2, -0.15) is 15.0 Å². The van der Waals surface area contributed by atoms with Gasteiger partial charge in [-0.25, -0.2) is 4.79 Å².